The zero-order valence-electron chi connectivity index (χ0n) is 12.3. The summed E-state index contributed by atoms with van der Waals surface area (Å²) in [6.07, 6.45) is 3.31. The summed E-state index contributed by atoms with van der Waals surface area (Å²) in [5.74, 6) is 0.977. The molecule has 3 rings (SSSR count). The van der Waals surface area contributed by atoms with Crippen molar-refractivity contribution in [1.82, 2.24) is 10.2 Å². The maximum atomic E-state index is 5.48. The molecule has 0 aliphatic carbocycles. The molecular weight excluding hydrogens is 377 g/mol. The SMILES string of the molecule is CN(CC1=CCCOC1)C1=NCC(c2ccccc2)N1.I. The number of nitrogens with one attached hydrogen (secondary N) is 1. The molecule has 114 valence electrons. The Balaban J connectivity index is 0.00000161. The van der Waals surface area contributed by atoms with Gasteiger partial charge in [0.2, 0.25) is 0 Å². The minimum Gasteiger partial charge on any atom is -0.377 e. The summed E-state index contributed by atoms with van der Waals surface area (Å²) in [7, 11) is 2.08. The molecule has 0 saturated carbocycles. The number of nitrogens with zero attached hydrogens (tertiary/aromatic N) is 2. The van der Waals surface area contributed by atoms with E-state index in [4.69, 9.17) is 4.74 Å². The van der Waals surface area contributed by atoms with Crippen molar-refractivity contribution in [2.75, 3.05) is 33.4 Å². The van der Waals surface area contributed by atoms with E-state index >= 15 is 0 Å². The second kappa shape index (κ2) is 7.79. The summed E-state index contributed by atoms with van der Waals surface area (Å²) in [4.78, 5) is 6.79. The van der Waals surface area contributed by atoms with Crippen molar-refractivity contribution < 1.29 is 4.74 Å². The van der Waals surface area contributed by atoms with Gasteiger partial charge in [0.1, 0.15) is 0 Å². The molecule has 0 bridgehead atoms. The van der Waals surface area contributed by atoms with Crippen LogP contribution >= 0.6 is 24.0 Å². The normalized spacial score (nSPS) is 20.9. The summed E-state index contributed by atoms with van der Waals surface area (Å²) in [6.45, 7) is 3.29. The van der Waals surface area contributed by atoms with Gasteiger partial charge in [-0.1, -0.05) is 36.4 Å². The maximum absolute atomic E-state index is 5.48. The molecule has 0 fully saturated rings. The van der Waals surface area contributed by atoms with Gasteiger partial charge in [0.15, 0.2) is 5.96 Å². The van der Waals surface area contributed by atoms with Gasteiger partial charge >= 0.3 is 0 Å². The number of halogens is 1. The Morgan fingerprint density at radius 3 is 2.86 bits per heavy atom. The average Bonchev–Trinajstić information content (AvgIpc) is 2.99. The fourth-order valence-electron chi connectivity index (χ4n) is 2.63. The van der Waals surface area contributed by atoms with Crippen molar-refractivity contribution >= 4 is 29.9 Å². The van der Waals surface area contributed by atoms with Crippen LogP contribution in [-0.2, 0) is 4.74 Å². The standard InChI is InChI=1S/C16H21N3O.HI/c1-19(11-13-6-5-9-20-12-13)16-17-10-15(18-16)14-7-3-2-4-8-14;/h2-4,6-8,15H,5,9-12H2,1H3,(H,17,18);1H. The molecular formula is C16H22IN3O. The highest BCUT2D eigenvalue weighted by Gasteiger charge is 2.21. The molecule has 0 spiro atoms. The van der Waals surface area contributed by atoms with Crippen LogP contribution in [0.5, 0.6) is 0 Å². The molecule has 2 aliphatic heterocycles. The molecule has 1 N–H and O–H groups in total. The number of hydrogen-bond acceptors (Lipinski definition) is 4. The molecule has 21 heavy (non-hydrogen) atoms. The van der Waals surface area contributed by atoms with E-state index in [0.29, 0.717) is 6.04 Å². The highest BCUT2D eigenvalue weighted by Crippen LogP contribution is 2.18. The summed E-state index contributed by atoms with van der Waals surface area (Å²) < 4.78 is 5.48. The topological polar surface area (TPSA) is 36.9 Å². The molecule has 0 saturated heterocycles. The Morgan fingerprint density at radius 2 is 2.14 bits per heavy atom. The molecule has 4 nitrogen and oxygen atoms in total. The van der Waals surface area contributed by atoms with Crippen LogP contribution in [0.3, 0.4) is 0 Å². The summed E-state index contributed by atoms with van der Waals surface area (Å²) in [6, 6.07) is 10.8. The third-order valence-electron chi connectivity index (χ3n) is 3.71. The van der Waals surface area contributed by atoms with Gasteiger partial charge in [-0.3, -0.25) is 4.99 Å². The minimum absolute atomic E-state index is 0. The van der Waals surface area contributed by atoms with Crippen LogP contribution in [0.15, 0.2) is 47.0 Å². The predicted octanol–water partition coefficient (Wildman–Crippen LogP) is 2.58. The first-order valence-corrected chi connectivity index (χ1v) is 7.15. The zero-order valence-corrected chi connectivity index (χ0v) is 14.6. The Bertz CT molecular complexity index is 516. The van der Waals surface area contributed by atoms with E-state index in [1.165, 1.54) is 11.1 Å². The van der Waals surface area contributed by atoms with E-state index in [1.807, 2.05) is 6.07 Å². The van der Waals surface area contributed by atoms with E-state index in [0.717, 1.165) is 38.7 Å². The Hall–Kier alpha value is -1.08. The highest BCUT2D eigenvalue weighted by molar-refractivity contribution is 14.0. The van der Waals surface area contributed by atoms with Crippen LogP contribution < -0.4 is 5.32 Å². The van der Waals surface area contributed by atoms with Gasteiger partial charge in [-0.15, -0.1) is 24.0 Å². The van der Waals surface area contributed by atoms with Crippen molar-refractivity contribution in [3.63, 3.8) is 0 Å². The lowest BCUT2D eigenvalue weighted by Crippen LogP contribution is -2.38. The van der Waals surface area contributed by atoms with Crippen molar-refractivity contribution in [3.05, 3.63) is 47.5 Å². The second-order valence-electron chi connectivity index (χ2n) is 5.33. The zero-order chi connectivity index (χ0) is 13.8. The third kappa shape index (κ3) is 4.20. The predicted molar refractivity (Wildman–Crippen MR) is 96.2 cm³/mol. The van der Waals surface area contributed by atoms with Crippen LogP contribution in [-0.4, -0.2) is 44.2 Å². The lowest BCUT2D eigenvalue weighted by molar-refractivity contribution is 0.146. The van der Waals surface area contributed by atoms with Gasteiger partial charge in [0.25, 0.3) is 0 Å². The molecule has 1 atom stereocenters. The first kappa shape index (κ1) is 16.3. The lowest BCUT2D eigenvalue weighted by atomic mass is 10.1. The highest BCUT2D eigenvalue weighted by atomic mass is 127. The van der Waals surface area contributed by atoms with Gasteiger partial charge in [-0.05, 0) is 17.6 Å². The number of guanidine groups is 1. The quantitative estimate of drug-likeness (QED) is 0.627. The number of benzene rings is 1. The van der Waals surface area contributed by atoms with E-state index in [9.17, 15) is 0 Å². The van der Waals surface area contributed by atoms with Gasteiger partial charge in [0, 0.05) is 13.6 Å². The Labute approximate surface area is 143 Å². The molecule has 5 heteroatoms. The van der Waals surface area contributed by atoms with Crippen LogP contribution in [0.1, 0.15) is 18.0 Å². The molecule has 0 aromatic heterocycles. The first-order valence-electron chi connectivity index (χ1n) is 7.15. The van der Waals surface area contributed by atoms with Crippen molar-refractivity contribution in [2.45, 2.75) is 12.5 Å². The number of aliphatic imine (C=N–C) groups is 1. The maximum Gasteiger partial charge on any atom is 0.194 e. The molecule has 2 aliphatic rings. The van der Waals surface area contributed by atoms with Crippen molar-refractivity contribution in [3.8, 4) is 0 Å². The lowest BCUT2D eigenvalue weighted by Gasteiger charge is -2.24. The summed E-state index contributed by atoms with van der Waals surface area (Å²) in [5.41, 5.74) is 2.63. The second-order valence-corrected chi connectivity index (χ2v) is 5.33. The number of hydrogen-bond donors (Lipinski definition) is 1. The smallest absolute Gasteiger partial charge is 0.194 e. The molecule has 1 aromatic carbocycles. The third-order valence-corrected chi connectivity index (χ3v) is 3.71. The fraction of sp³-hybridized carbons (Fsp3) is 0.438. The van der Waals surface area contributed by atoms with Crippen LogP contribution in [0.4, 0.5) is 0 Å². The number of rotatable bonds is 3. The van der Waals surface area contributed by atoms with E-state index < -0.39 is 0 Å². The average molecular weight is 399 g/mol. The van der Waals surface area contributed by atoms with Crippen molar-refractivity contribution in [2.24, 2.45) is 4.99 Å². The van der Waals surface area contributed by atoms with Crippen LogP contribution in [0.2, 0.25) is 0 Å². The molecule has 0 radical (unpaired) electrons. The summed E-state index contributed by atoms with van der Waals surface area (Å²) >= 11 is 0. The van der Waals surface area contributed by atoms with Gasteiger partial charge in [-0.25, -0.2) is 0 Å². The summed E-state index contributed by atoms with van der Waals surface area (Å²) in [5, 5.41) is 3.50. The van der Waals surface area contributed by atoms with Crippen LogP contribution in [0, 0.1) is 0 Å². The van der Waals surface area contributed by atoms with E-state index in [2.05, 4.69) is 52.6 Å². The molecule has 2 heterocycles. The largest absolute Gasteiger partial charge is 0.377 e. The van der Waals surface area contributed by atoms with Gasteiger partial charge < -0.3 is 15.0 Å². The van der Waals surface area contributed by atoms with E-state index in [1.54, 1.807) is 0 Å². The number of ether oxygens (including phenoxy) is 1. The van der Waals surface area contributed by atoms with E-state index in [-0.39, 0.29) is 24.0 Å². The molecule has 0 amide bonds. The molecule has 1 aromatic rings. The van der Waals surface area contributed by atoms with Gasteiger partial charge in [0.05, 0.1) is 25.8 Å². The minimum atomic E-state index is 0. The molecule has 1 unspecified atom stereocenters. The first-order chi connectivity index (χ1) is 9.83. The van der Waals surface area contributed by atoms with Crippen molar-refractivity contribution in [1.29, 1.82) is 0 Å². The number of likely N-dealkylation sites (N-methyl/N-ethyl adjacent to an activating group) is 1. The van der Waals surface area contributed by atoms with Gasteiger partial charge in [-0.2, -0.15) is 0 Å². The fourth-order valence-corrected chi connectivity index (χ4v) is 2.63. The van der Waals surface area contributed by atoms with Crippen LogP contribution in [0.25, 0.3) is 0 Å². The Morgan fingerprint density at radius 1 is 1.33 bits per heavy atom. The monoisotopic (exact) mass is 399 g/mol. The Kier molecular flexibility index (Phi) is 6.05.